The molecular weight excluding hydrogens is 246 g/mol. The Kier molecular flexibility index (Phi) is 4.04. The topological polar surface area (TPSA) is 43.8 Å². The first-order valence-electron chi connectivity index (χ1n) is 6.16. The number of halogens is 1. The van der Waals surface area contributed by atoms with Gasteiger partial charge in [0.15, 0.2) is 0 Å². The number of hydrogen-bond acceptors (Lipinski definition) is 2. The number of nitrogens with two attached hydrogens (primary N) is 1. The Balaban J connectivity index is 2.28. The number of aromatic nitrogens is 2. The lowest BCUT2D eigenvalue weighted by Crippen LogP contribution is -2.21. The summed E-state index contributed by atoms with van der Waals surface area (Å²) in [5, 5.41) is 0.768. The summed E-state index contributed by atoms with van der Waals surface area (Å²) >= 11 is 6.31. The third-order valence-corrected chi connectivity index (χ3v) is 3.50. The van der Waals surface area contributed by atoms with Crippen LogP contribution in [-0.2, 0) is 6.42 Å². The molecule has 0 aliphatic carbocycles. The fraction of sp³-hybridized carbons (Fsp3) is 0.357. The summed E-state index contributed by atoms with van der Waals surface area (Å²) in [5.41, 5.74) is 8.09. The Morgan fingerprint density at radius 2 is 2.22 bits per heavy atom. The molecule has 2 aromatic rings. The van der Waals surface area contributed by atoms with Gasteiger partial charge in [-0.25, -0.2) is 4.98 Å². The summed E-state index contributed by atoms with van der Waals surface area (Å²) in [5.74, 6) is 0.948. The van der Waals surface area contributed by atoms with Crippen LogP contribution in [0.3, 0.4) is 0 Å². The van der Waals surface area contributed by atoms with Gasteiger partial charge in [0.1, 0.15) is 5.82 Å². The predicted octanol–water partition coefficient (Wildman–Crippen LogP) is 3.11. The second-order valence-corrected chi connectivity index (χ2v) is 4.90. The van der Waals surface area contributed by atoms with Crippen LogP contribution in [0.2, 0.25) is 5.02 Å². The molecule has 0 radical (unpaired) electrons. The molecular formula is C14H18ClN3. The maximum Gasteiger partial charge on any atom is 0.110 e. The maximum absolute atomic E-state index is 6.31. The van der Waals surface area contributed by atoms with Crippen molar-refractivity contribution in [3.05, 3.63) is 47.0 Å². The Morgan fingerprint density at radius 1 is 1.44 bits per heavy atom. The van der Waals surface area contributed by atoms with E-state index in [2.05, 4.69) is 18.0 Å². The standard InChI is InChI=1S/C14H18ClN3/c1-3-12(16)8-11-4-5-13(9-14(11)15)18-7-6-17-10(18)2/h4-7,9,12H,3,8,16H2,1-2H3. The molecule has 1 heterocycles. The van der Waals surface area contributed by atoms with Crippen LogP contribution >= 0.6 is 11.6 Å². The number of hydrogen-bond donors (Lipinski definition) is 1. The normalized spacial score (nSPS) is 12.7. The second kappa shape index (κ2) is 5.55. The molecule has 0 aliphatic heterocycles. The smallest absolute Gasteiger partial charge is 0.110 e. The molecule has 0 saturated carbocycles. The van der Waals surface area contributed by atoms with Gasteiger partial charge >= 0.3 is 0 Å². The number of rotatable bonds is 4. The molecule has 1 aromatic heterocycles. The first kappa shape index (κ1) is 13.1. The fourth-order valence-electron chi connectivity index (χ4n) is 1.93. The summed E-state index contributed by atoms with van der Waals surface area (Å²) in [6, 6.07) is 6.24. The van der Waals surface area contributed by atoms with Gasteiger partial charge in [-0.15, -0.1) is 0 Å². The van der Waals surface area contributed by atoms with E-state index in [1.165, 1.54) is 0 Å². The number of benzene rings is 1. The van der Waals surface area contributed by atoms with Gasteiger partial charge in [0.25, 0.3) is 0 Å². The Morgan fingerprint density at radius 3 is 2.78 bits per heavy atom. The highest BCUT2D eigenvalue weighted by Crippen LogP contribution is 2.22. The van der Waals surface area contributed by atoms with Crippen molar-refractivity contribution in [3.63, 3.8) is 0 Å². The highest BCUT2D eigenvalue weighted by atomic mass is 35.5. The van der Waals surface area contributed by atoms with Gasteiger partial charge in [-0.2, -0.15) is 0 Å². The molecule has 18 heavy (non-hydrogen) atoms. The van der Waals surface area contributed by atoms with E-state index in [-0.39, 0.29) is 6.04 Å². The summed E-state index contributed by atoms with van der Waals surface area (Å²) in [4.78, 5) is 4.21. The zero-order chi connectivity index (χ0) is 13.1. The van der Waals surface area contributed by atoms with E-state index in [4.69, 9.17) is 17.3 Å². The van der Waals surface area contributed by atoms with Crippen molar-refractivity contribution in [2.75, 3.05) is 0 Å². The van der Waals surface area contributed by atoms with E-state index in [0.717, 1.165) is 34.9 Å². The van der Waals surface area contributed by atoms with Crippen LogP contribution in [-0.4, -0.2) is 15.6 Å². The van der Waals surface area contributed by atoms with Gasteiger partial charge in [0.05, 0.1) is 0 Å². The van der Waals surface area contributed by atoms with Crippen LogP contribution in [0, 0.1) is 6.92 Å². The van der Waals surface area contributed by atoms with Crippen molar-refractivity contribution in [2.24, 2.45) is 5.73 Å². The van der Waals surface area contributed by atoms with E-state index in [0.29, 0.717) is 0 Å². The number of aryl methyl sites for hydroxylation is 1. The van der Waals surface area contributed by atoms with E-state index in [1.807, 2.05) is 29.8 Å². The van der Waals surface area contributed by atoms with Gasteiger partial charge in [-0.05, 0) is 37.5 Å². The lowest BCUT2D eigenvalue weighted by atomic mass is 10.0. The van der Waals surface area contributed by atoms with Crippen LogP contribution in [0.25, 0.3) is 5.69 Å². The van der Waals surface area contributed by atoms with Crippen molar-refractivity contribution in [1.82, 2.24) is 9.55 Å². The van der Waals surface area contributed by atoms with Crippen molar-refractivity contribution in [1.29, 1.82) is 0 Å². The Hall–Kier alpha value is -1.32. The molecule has 0 bridgehead atoms. The first-order valence-corrected chi connectivity index (χ1v) is 6.54. The van der Waals surface area contributed by atoms with Gasteiger partial charge in [-0.3, -0.25) is 0 Å². The van der Waals surface area contributed by atoms with Gasteiger partial charge in [0, 0.05) is 29.1 Å². The van der Waals surface area contributed by atoms with Crippen molar-refractivity contribution in [3.8, 4) is 5.69 Å². The summed E-state index contributed by atoms with van der Waals surface area (Å²) in [6.07, 6.45) is 5.49. The zero-order valence-electron chi connectivity index (χ0n) is 10.7. The van der Waals surface area contributed by atoms with Crippen LogP contribution in [0.15, 0.2) is 30.6 Å². The van der Waals surface area contributed by atoms with Crippen LogP contribution < -0.4 is 5.73 Å². The lowest BCUT2D eigenvalue weighted by molar-refractivity contribution is 0.646. The molecule has 1 unspecified atom stereocenters. The molecule has 0 fully saturated rings. The van der Waals surface area contributed by atoms with Crippen LogP contribution in [0.1, 0.15) is 24.7 Å². The van der Waals surface area contributed by atoms with Crippen LogP contribution in [0.4, 0.5) is 0 Å². The lowest BCUT2D eigenvalue weighted by Gasteiger charge is -2.12. The Labute approximate surface area is 113 Å². The minimum Gasteiger partial charge on any atom is -0.327 e. The molecule has 0 amide bonds. The predicted molar refractivity (Wildman–Crippen MR) is 75.3 cm³/mol. The van der Waals surface area contributed by atoms with E-state index < -0.39 is 0 Å². The highest BCUT2D eigenvalue weighted by Gasteiger charge is 2.08. The SMILES string of the molecule is CCC(N)Cc1ccc(-n2ccnc2C)cc1Cl. The van der Waals surface area contributed by atoms with Crippen molar-refractivity contribution in [2.45, 2.75) is 32.7 Å². The minimum atomic E-state index is 0.170. The molecule has 4 heteroatoms. The van der Waals surface area contributed by atoms with Gasteiger partial charge in [0.2, 0.25) is 0 Å². The molecule has 2 rings (SSSR count). The molecule has 1 aromatic carbocycles. The van der Waals surface area contributed by atoms with Gasteiger partial charge in [-0.1, -0.05) is 24.6 Å². The second-order valence-electron chi connectivity index (χ2n) is 4.49. The summed E-state index contributed by atoms with van der Waals surface area (Å²) < 4.78 is 2.01. The van der Waals surface area contributed by atoms with E-state index in [1.54, 1.807) is 6.20 Å². The Bertz CT molecular complexity index is 534. The molecule has 3 nitrogen and oxygen atoms in total. The van der Waals surface area contributed by atoms with Crippen molar-refractivity contribution >= 4 is 11.6 Å². The first-order chi connectivity index (χ1) is 8.61. The largest absolute Gasteiger partial charge is 0.327 e. The fourth-order valence-corrected chi connectivity index (χ4v) is 2.18. The van der Waals surface area contributed by atoms with E-state index in [9.17, 15) is 0 Å². The molecule has 0 aliphatic rings. The number of nitrogens with zero attached hydrogens (tertiary/aromatic N) is 2. The monoisotopic (exact) mass is 263 g/mol. The van der Waals surface area contributed by atoms with Crippen molar-refractivity contribution < 1.29 is 0 Å². The molecule has 1 atom stereocenters. The highest BCUT2D eigenvalue weighted by molar-refractivity contribution is 6.31. The zero-order valence-corrected chi connectivity index (χ0v) is 11.5. The third kappa shape index (κ3) is 2.74. The third-order valence-electron chi connectivity index (χ3n) is 3.15. The minimum absolute atomic E-state index is 0.170. The summed E-state index contributed by atoms with van der Waals surface area (Å²) in [6.45, 7) is 4.05. The van der Waals surface area contributed by atoms with Gasteiger partial charge < -0.3 is 10.3 Å². The number of imidazole rings is 1. The molecule has 0 saturated heterocycles. The molecule has 0 spiro atoms. The van der Waals surface area contributed by atoms with Crippen LogP contribution in [0.5, 0.6) is 0 Å². The quantitative estimate of drug-likeness (QED) is 0.921. The molecule has 2 N–H and O–H groups in total. The molecule has 96 valence electrons. The maximum atomic E-state index is 6.31. The average molecular weight is 264 g/mol. The van der Waals surface area contributed by atoms with E-state index >= 15 is 0 Å². The average Bonchev–Trinajstić information content (AvgIpc) is 2.78. The summed E-state index contributed by atoms with van der Waals surface area (Å²) in [7, 11) is 0.